The van der Waals surface area contributed by atoms with Crippen molar-refractivity contribution in [3.05, 3.63) is 0 Å². The van der Waals surface area contributed by atoms with Crippen LogP contribution >= 0.6 is 0 Å². The second-order valence-corrected chi connectivity index (χ2v) is 2.60. The number of aliphatic carboxylic acids is 1. The van der Waals surface area contributed by atoms with Crippen molar-refractivity contribution in [3.63, 3.8) is 0 Å². The molecule has 11 heavy (non-hydrogen) atoms. The molecule has 0 bridgehead atoms. The van der Waals surface area contributed by atoms with E-state index in [1.54, 1.807) is 0 Å². The first kappa shape index (κ1) is 10.1. The predicted octanol–water partition coefficient (Wildman–Crippen LogP) is 2.06. The molecule has 0 spiro atoms. The Morgan fingerprint density at radius 3 is 2.45 bits per heavy atom. The van der Waals surface area contributed by atoms with Gasteiger partial charge in [0.05, 0.1) is 0 Å². The molecule has 0 aliphatic rings. The summed E-state index contributed by atoms with van der Waals surface area (Å²) >= 11 is 0. The zero-order valence-electron chi connectivity index (χ0n) is 6.89. The largest absolute Gasteiger partial charge is 0.481 e. The van der Waals surface area contributed by atoms with E-state index in [0.29, 0.717) is 18.6 Å². The Morgan fingerprint density at radius 1 is 1.36 bits per heavy atom. The minimum absolute atomic E-state index is 0.187. The average Bonchev–Trinajstić information content (AvgIpc) is 1.87. The van der Waals surface area contributed by atoms with E-state index in [1.165, 1.54) is 0 Å². The van der Waals surface area contributed by atoms with Gasteiger partial charge in [-0.25, -0.2) is 0 Å². The van der Waals surface area contributed by atoms with Crippen molar-refractivity contribution >= 4 is 11.7 Å². The molecular formula is C8H15NO2. The molecule has 2 N–H and O–H groups in total. The summed E-state index contributed by atoms with van der Waals surface area (Å²) in [6, 6.07) is 0. The Labute approximate surface area is 66.9 Å². The van der Waals surface area contributed by atoms with Gasteiger partial charge in [-0.05, 0) is 19.3 Å². The van der Waals surface area contributed by atoms with Gasteiger partial charge in [0.2, 0.25) is 0 Å². The molecule has 0 atom stereocenters. The molecule has 0 heterocycles. The third kappa shape index (κ3) is 7.03. The number of nitrogens with one attached hydrogen (secondary N) is 1. The first-order valence-electron chi connectivity index (χ1n) is 3.95. The lowest BCUT2D eigenvalue weighted by Gasteiger charge is -1.98. The van der Waals surface area contributed by atoms with Crippen molar-refractivity contribution in [1.29, 1.82) is 5.41 Å². The molecule has 0 unspecified atom stereocenters. The molecule has 0 radical (unpaired) electrons. The highest BCUT2D eigenvalue weighted by atomic mass is 16.4. The van der Waals surface area contributed by atoms with Gasteiger partial charge in [0, 0.05) is 12.1 Å². The highest BCUT2D eigenvalue weighted by Gasteiger charge is 1.99. The Kier molecular flexibility index (Phi) is 5.43. The van der Waals surface area contributed by atoms with Gasteiger partial charge in [-0.1, -0.05) is 13.3 Å². The maximum atomic E-state index is 10.1. The van der Waals surface area contributed by atoms with Crippen LogP contribution in [0.2, 0.25) is 0 Å². The molecule has 0 aromatic heterocycles. The summed E-state index contributed by atoms with van der Waals surface area (Å²) in [5.74, 6) is -0.769. The molecule has 0 saturated heterocycles. The van der Waals surface area contributed by atoms with Crippen molar-refractivity contribution in [2.75, 3.05) is 0 Å². The minimum atomic E-state index is -0.769. The van der Waals surface area contributed by atoms with E-state index in [0.717, 1.165) is 12.8 Å². The van der Waals surface area contributed by atoms with E-state index >= 15 is 0 Å². The van der Waals surface area contributed by atoms with Crippen LogP contribution in [0.4, 0.5) is 0 Å². The topological polar surface area (TPSA) is 61.2 Å². The fourth-order valence-corrected chi connectivity index (χ4v) is 0.880. The molecule has 64 valence electrons. The summed E-state index contributed by atoms with van der Waals surface area (Å²) in [6.07, 6.45) is 3.21. The van der Waals surface area contributed by atoms with Crippen LogP contribution in [0.15, 0.2) is 0 Å². The second-order valence-electron chi connectivity index (χ2n) is 2.60. The van der Waals surface area contributed by atoms with Crippen molar-refractivity contribution in [2.45, 2.75) is 39.0 Å². The normalized spacial score (nSPS) is 9.55. The summed E-state index contributed by atoms with van der Waals surface area (Å²) < 4.78 is 0. The number of carboxylic acids is 1. The van der Waals surface area contributed by atoms with E-state index in [-0.39, 0.29) is 6.42 Å². The van der Waals surface area contributed by atoms with E-state index in [9.17, 15) is 4.79 Å². The zero-order chi connectivity index (χ0) is 8.69. The van der Waals surface area contributed by atoms with Crippen LogP contribution in [0.25, 0.3) is 0 Å². The van der Waals surface area contributed by atoms with E-state index < -0.39 is 5.97 Å². The predicted molar refractivity (Wildman–Crippen MR) is 44.1 cm³/mol. The third-order valence-electron chi connectivity index (χ3n) is 1.42. The molecule has 0 aromatic carbocycles. The Hall–Kier alpha value is -0.860. The van der Waals surface area contributed by atoms with Crippen molar-refractivity contribution in [1.82, 2.24) is 0 Å². The number of hydrogen-bond acceptors (Lipinski definition) is 2. The van der Waals surface area contributed by atoms with Crippen LogP contribution in [0.1, 0.15) is 39.0 Å². The quantitative estimate of drug-likeness (QED) is 0.580. The van der Waals surface area contributed by atoms with Crippen LogP contribution in [-0.2, 0) is 4.79 Å². The summed E-state index contributed by atoms with van der Waals surface area (Å²) in [5, 5.41) is 15.6. The van der Waals surface area contributed by atoms with Crippen LogP contribution in [-0.4, -0.2) is 16.8 Å². The lowest BCUT2D eigenvalue weighted by atomic mass is 10.1. The van der Waals surface area contributed by atoms with Crippen molar-refractivity contribution in [3.8, 4) is 0 Å². The van der Waals surface area contributed by atoms with E-state index in [1.807, 2.05) is 6.92 Å². The van der Waals surface area contributed by atoms with Gasteiger partial charge >= 0.3 is 5.97 Å². The zero-order valence-corrected chi connectivity index (χ0v) is 6.89. The fourth-order valence-electron chi connectivity index (χ4n) is 0.880. The standard InChI is InChI=1S/C8H15NO2/c1-2-4-7(9)5-3-6-8(10)11/h9H,2-6H2,1H3,(H,10,11). The molecule has 0 saturated carbocycles. The first-order valence-corrected chi connectivity index (χ1v) is 3.95. The maximum absolute atomic E-state index is 10.1. The molecule has 0 aliphatic heterocycles. The number of rotatable bonds is 6. The molecule has 3 nitrogen and oxygen atoms in total. The summed E-state index contributed by atoms with van der Waals surface area (Å²) in [7, 11) is 0. The van der Waals surface area contributed by atoms with Gasteiger partial charge in [0.25, 0.3) is 0 Å². The number of carbonyl (C=O) groups is 1. The third-order valence-corrected chi connectivity index (χ3v) is 1.42. The second kappa shape index (κ2) is 5.89. The van der Waals surface area contributed by atoms with Gasteiger partial charge in [-0.15, -0.1) is 0 Å². The molecule has 0 aromatic rings. The Balaban J connectivity index is 3.24. The highest BCUT2D eigenvalue weighted by Crippen LogP contribution is 2.01. The average molecular weight is 157 g/mol. The molecule has 0 amide bonds. The number of hydrogen-bond donors (Lipinski definition) is 2. The minimum Gasteiger partial charge on any atom is -0.481 e. The fraction of sp³-hybridized carbons (Fsp3) is 0.750. The van der Waals surface area contributed by atoms with Gasteiger partial charge in [0.1, 0.15) is 0 Å². The Morgan fingerprint density at radius 2 is 2.00 bits per heavy atom. The first-order chi connectivity index (χ1) is 5.16. The van der Waals surface area contributed by atoms with Gasteiger partial charge < -0.3 is 10.5 Å². The molecule has 3 heteroatoms. The summed E-state index contributed by atoms with van der Waals surface area (Å²) in [4.78, 5) is 10.1. The van der Waals surface area contributed by atoms with E-state index in [2.05, 4.69) is 0 Å². The molecule has 0 aliphatic carbocycles. The Bertz CT molecular complexity index is 143. The van der Waals surface area contributed by atoms with Gasteiger partial charge in [0.15, 0.2) is 0 Å². The highest BCUT2D eigenvalue weighted by molar-refractivity contribution is 5.81. The maximum Gasteiger partial charge on any atom is 0.303 e. The number of carboxylic acid groups (broad SMARTS) is 1. The van der Waals surface area contributed by atoms with Gasteiger partial charge in [-0.3, -0.25) is 4.79 Å². The molecule has 0 fully saturated rings. The molecular weight excluding hydrogens is 142 g/mol. The summed E-state index contributed by atoms with van der Waals surface area (Å²) in [5.41, 5.74) is 0.675. The van der Waals surface area contributed by atoms with Gasteiger partial charge in [-0.2, -0.15) is 0 Å². The lowest BCUT2D eigenvalue weighted by Crippen LogP contribution is -1.99. The van der Waals surface area contributed by atoms with E-state index in [4.69, 9.17) is 10.5 Å². The molecule has 0 rings (SSSR count). The van der Waals surface area contributed by atoms with Crippen LogP contribution < -0.4 is 0 Å². The SMILES string of the molecule is CCCC(=N)CCCC(=O)O. The van der Waals surface area contributed by atoms with Crippen molar-refractivity contribution in [2.24, 2.45) is 0 Å². The monoisotopic (exact) mass is 157 g/mol. The smallest absolute Gasteiger partial charge is 0.303 e. The van der Waals surface area contributed by atoms with Crippen LogP contribution in [0.3, 0.4) is 0 Å². The van der Waals surface area contributed by atoms with Crippen LogP contribution in [0, 0.1) is 5.41 Å². The van der Waals surface area contributed by atoms with Crippen LogP contribution in [0.5, 0.6) is 0 Å². The lowest BCUT2D eigenvalue weighted by molar-refractivity contribution is -0.137. The van der Waals surface area contributed by atoms with Crippen molar-refractivity contribution < 1.29 is 9.90 Å². The summed E-state index contributed by atoms with van der Waals surface area (Å²) in [6.45, 7) is 2.02.